The Labute approximate surface area is 162 Å². The molecule has 134 valence electrons. The summed E-state index contributed by atoms with van der Waals surface area (Å²) in [7, 11) is 1.90. The number of ketones is 1. The third-order valence-corrected chi connectivity index (χ3v) is 5.68. The van der Waals surface area contributed by atoms with Gasteiger partial charge in [0.2, 0.25) is 0 Å². The van der Waals surface area contributed by atoms with Crippen LogP contribution in [0.25, 0.3) is 11.4 Å². The molecule has 0 atom stereocenters. The van der Waals surface area contributed by atoms with Gasteiger partial charge in [-0.3, -0.25) is 4.79 Å². The van der Waals surface area contributed by atoms with Gasteiger partial charge >= 0.3 is 0 Å². The second kappa shape index (κ2) is 7.64. The smallest absolute Gasteiger partial charge is 0.191 e. The highest BCUT2D eigenvalue weighted by Crippen LogP contribution is 2.25. The van der Waals surface area contributed by atoms with Crippen molar-refractivity contribution in [3.63, 3.8) is 0 Å². The summed E-state index contributed by atoms with van der Waals surface area (Å²) in [6.45, 7) is 6.06. The van der Waals surface area contributed by atoms with Crippen molar-refractivity contribution in [1.29, 1.82) is 0 Å². The van der Waals surface area contributed by atoms with Crippen LogP contribution >= 0.6 is 23.4 Å². The lowest BCUT2D eigenvalue weighted by molar-refractivity contribution is 0.102. The van der Waals surface area contributed by atoms with E-state index in [-0.39, 0.29) is 5.78 Å². The van der Waals surface area contributed by atoms with Crippen molar-refractivity contribution in [2.75, 3.05) is 5.75 Å². The SMILES string of the molecule is Cc1cc(C)c(C(=O)CSc2nnc(-c3ccc(Cl)cc3)n2C)cc1C. The Hall–Kier alpha value is -2.11. The molecule has 0 bridgehead atoms. The second-order valence-corrected chi connectivity index (χ2v) is 7.71. The molecule has 0 saturated heterocycles. The maximum absolute atomic E-state index is 12.6. The highest BCUT2D eigenvalue weighted by Gasteiger charge is 2.15. The van der Waals surface area contributed by atoms with Crippen LogP contribution in [0, 0.1) is 20.8 Å². The molecule has 0 saturated carbocycles. The molecule has 0 aliphatic heterocycles. The zero-order chi connectivity index (χ0) is 18.8. The van der Waals surface area contributed by atoms with Gasteiger partial charge in [0.1, 0.15) is 0 Å². The molecule has 0 fully saturated rings. The van der Waals surface area contributed by atoms with Crippen LogP contribution in [-0.4, -0.2) is 26.3 Å². The van der Waals surface area contributed by atoms with Crippen LogP contribution in [0.15, 0.2) is 41.6 Å². The molecule has 1 aromatic heterocycles. The van der Waals surface area contributed by atoms with Gasteiger partial charge in [0.25, 0.3) is 0 Å². The monoisotopic (exact) mass is 385 g/mol. The average molecular weight is 386 g/mol. The fraction of sp³-hybridized carbons (Fsp3) is 0.250. The molecule has 0 radical (unpaired) electrons. The Balaban J connectivity index is 1.75. The summed E-state index contributed by atoms with van der Waals surface area (Å²) >= 11 is 7.34. The minimum Gasteiger partial charge on any atom is -0.305 e. The van der Waals surface area contributed by atoms with E-state index >= 15 is 0 Å². The number of thioether (sulfide) groups is 1. The van der Waals surface area contributed by atoms with Gasteiger partial charge in [-0.25, -0.2) is 0 Å². The standard InChI is InChI=1S/C20H20ClN3OS/c1-12-9-14(3)17(10-13(12)2)18(25)11-26-20-23-22-19(24(20)4)15-5-7-16(21)8-6-15/h5-10H,11H2,1-4H3. The fourth-order valence-electron chi connectivity index (χ4n) is 2.76. The molecular formula is C20H20ClN3OS. The molecular weight excluding hydrogens is 366 g/mol. The Bertz CT molecular complexity index is 964. The summed E-state index contributed by atoms with van der Waals surface area (Å²) < 4.78 is 1.90. The van der Waals surface area contributed by atoms with Crippen molar-refractivity contribution in [2.45, 2.75) is 25.9 Å². The Morgan fingerprint density at radius 3 is 2.38 bits per heavy atom. The van der Waals surface area contributed by atoms with Gasteiger partial charge in [-0.1, -0.05) is 29.4 Å². The van der Waals surface area contributed by atoms with Crippen molar-refractivity contribution in [3.05, 3.63) is 63.7 Å². The lowest BCUT2D eigenvalue weighted by Crippen LogP contribution is -2.07. The molecule has 26 heavy (non-hydrogen) atoms. The number of rotatable bonds is 5. The number of carbonyl (C=O) groups excluding carboxylic acids is 1. The van der Waals surface area contributed by atoms with E-state index < -0.39 is 0 Å². The molecule has 0 aliphatic rings. The summed E-state index contributed by atoms with van der Waals surface area (Å²) in [6, 6.07) is 11.5. The quantitative estimate of drug-likeness (QED) is 0.456. The Morgan fingerprint density at radius 1 is 1.04 bits per heavy atom. The zero-order valence-corrected chi connectivity index (χ0v) is 16.8. The van der Waals surface area contributed by atoms with Gasteiger partial charge in [0, 0.05) is 23.2 Å². The van der Waals surface area contributed by atoms with E-state index in [4.69, 9.17) is 11.6 Å². The molecule has 4 nitrogen and oxygen atoms in total. The third-order valence-electron chi connectivity index (χ3n) is 4.41. The van der Waals surface area contributed by atoms with Crippen molar-refractivity contribution >= 4 is 29.1 Å². The van der Waals surface area contributed by atoms with E-state index in [1.807, 2.05) is 55.8 Å². The number of halogens is 1. The molecule has 3 aromatic rings. The van der Waals surface area contributed by atoms with Crippen LogP contribution in [0.3, 0.4) is 0 Å². The van der Waals surface area contributed by atoms with Crippen LogP contribution in [0.4, 0.5) is 0 Å². The zero-order valence-electron chi connectivity index (χ0n) is 15.2. The summed E-state index contributed by atoms with van der Waals surface area (Å²) in [6.07, 6.45) is 0. The Kier molecular flexibility index (Phi) is 5.49. The minimum absolute atomic E-state index is 0.103. The highest BCUT2D eigenvalue weighted by atomic mass is 35.5. The maximum Gasteiger partial charge on any atom is 0.191 e. The largest absolute Gasteiger partial charge is 0.305 e. The normalized spacial score (nSPS) is 11.0. The molecule has 1 heterocycles. The summed E-state index contributed by atoms with van der Waals surface area (Å²) in [5.74, 6) is 1.18. The van der Waals surface area contributed by atoms with Crippen molar-refractivity contribution in [3.8, 4) is 11.4 Å². The highest BCUT2D eigenvalue weighted by molar-refractivity contribution is 7.99. The van der Waals surface area contributed by atoms with Crippen LogP contribution in [0.2, 0.25) is 5.02 Å². The number of benzene rings is 2. The molecule has 0 unspecified atom stereocenters. The van der Waals surface area contributed by atoms with Gasteiger partial charge in [0.05, 0.1) is 5.75 Å². The van der Waals surface area contributed by atoms with Crippen LogP contribution in [-0.2, 0) is 7.05 Å². The maximum atomic E-state index is 12.6. The summed E-state index contributed by atoms with van der Waals surface area (Å²) in [5.41, 5.74) is 5.06. The van der Waals surface area contributed by atoms with Crippen LogP contribution in [0.5, 0.6) is 0 Å². The molecule has 0 spiro atoms. The first kappa shape index (κ1) is 18.7. The number of hydrogen-bond acceptors (Lipinski definition) is 4. The topological polar surface area (TPSA) is 47.8 Å². The number of aromatic nitrogens is 3. The number of carbonyl (C=O) groups is 1. The van der Waals surface area contributed by atoms with Gasteiger partial charge < -0.3 is 4.57 Å². The molecule has 6 heteroatoms. The first-order valence-electron chi connectivity index (χ1n) is 8.26. The number of Topliss-reactive ketones (excluding diaryl/α,β-unsaturated/α-hetero) is 1. The summed E-state index contributed by atoms with van der Waals surface area (Å²) in [4.78, 5) is 12.6. The lowest BCUT2D eigenvalue weighted by atomic mass is 9.99. The first-order valence-corrected chi connectivity index (χ1v) is 9.62. The van der Waals surface area contributed by atoms with Crippen molar-refractivity contribution < 1.29 is 4.79 Å². The number of nitrogens with zero attached hydrogens (tertiary/aromatic N) is 3. The number of hydrogen-bond donors (Lipinski definition) is 0. The van der Waals surface area contributed by atoms with Crippen molar-refractivity contribution in [2.24, 2.45) is 7.05 Å². The average Bonchev–Trinajstić information content (AvgIpc) is 2.97. The molecule has 0 N–H and O–H groups in total. The van der Waals surface area contributed by atoms with Crippen LogP contribution < -0.4 is 0 Å². The van der Waals surface area contributed by atoms with E-state index in [2.05, 4.69) is 23.2 Å². The van der Waals surface area contributed by atoms with Crippen molar-refractivity contribution in [1.82, 2.24) is 14.8 Å². The van der Waals surface area contributed by atoms with Gasteiger partial charge in [0.15, 0.2) is 16.8 Å². The van der Waals surface area contributed by atoms with E-state index in [0.29, 0.717) is 15.9 Å². The second-order valence-electron chi connectivity index (χ2n) is 6.34. The molecule has 2 aromatic carbocycles. The number of aryl methyl sites for hydroxylation is 3. The summed E-state index contributed by atoms with van der Waals surface area (Å²) in [5, 5.41) is 9.87. The van der Waals surface area contributed by atoms with Crippen LogP contribution in [0.1, 0.15) is 27.0 Å². The van der Waals surface area contributed by atoms with Gasteiger partial charge in [-0.15, -0.1) is 10.2 Å². The van der Waals surface area contributed by atoms with Gasteiger partial charge in [-0.2, -0.15) is 0 Å². The predicted octanol–water partition coefficient (Wildman–Crippen LogP) is 5.04. The third kappa shape index (κ3) is 3.84. The Morgan fingerprint density at radius 2 is 1.69 bits per heavy atom. The van der Waals surface area contributed by atoms with E-state index in [9.17, 15) is 4.79 Å². The molecule has 3 rings (SSSR count). The first-order chi connectivity index (χ1) is 12.4. The van der Waals surface area contributed by atoms with E-state index in [1.54, 1.807) is 0 Å². The fourth-order valence-corrected chi connectivity index (χ4v) is 3.68. The van der Waals surface area contributed by atoms with E-state index in [0.717, 1.165) is 28.1 Å². The predicted molar refractivity (Wildman–Crippen MR) is 107 cm³/mol. The van der Waals surface area contributed by atoms with Gasteiger partial charge in [-0.05, 0) is 67.8 Å². The van der Waals surface area contributed by atoms with E-state index in [1.165, 1.54) is 17.3 Å². The minimum atomic E-state index is 0.103. The molecule has 0 aliphatic carbocycles. The molecule has 0 amide bonds. The lowest BCUT2D eigenvalue weighted by Gasteiger charge is -2.09.